The number of carboxylic acid groups (broad SMARTS) is 1. The lowest BCUT2D eigenvalue weighted by atomic mass is 9.89. The highest BCUT2D eigenvalue weighted by Gasteiger charge is 2.53. The number of benzene rings is 1. The Morgan fingerprint density at radius 2 is 1.77 bits per heavy atom. The first-order valence-corrected chi connectivity index (χ1v) is 8.27. The zero-order valence-corrected chi connectivity index (χ0v) is 15.2. The summed E-state index contributed by atoms with van der Waals surface area (Å²) >= 11 is 0. The molecular formula is C18H23F2NO5. The molecule has 6 nitrogen and oxygen atoms in total. The fourth-order valence-electron chi connectivity index (χ4n) is 2.76. The van der Waals surface area contributed by atoms with E-state index in [4.69, 9.17) is 4.74 Å². The fourth-order valence-corrected chi connectivity index (χ4v) is 2.76. The molecule has 8 heteroatoms. The van der Waals surface area contributed by atoms with E-state index in [0.29, 0.717) is 12.8 Å². The second-order valence-corrected chi connectivity index (χ2v) is 7.33. The van der Waals surface area contributed by atoms with Crippen LogP contribution in [0.2, 0.25) is 0 Å². The van der Waals surface area contributed by atoms with Gasteiger partial charge >= 0.3 is 18.7 Å². The van der Waals surface area contributed by atoms with E-state index in [9.17, 15) is 23.5 Å². The van der Waals surface area contributed by atoms with Crippen molar-refractivity contribution in [3.8, 4) is 5.75 Å². The van der Waals surface area contributed by atoms with Crippen LogP contribution in [-0.2, 0) is 15.1 Å². The van der Waals surface area contributed by atoms with Crippen LogP contribution in [0, 0.1) is 0 Å². The van der Waals surface area contributed by atoms with Gasteiger partial charge in [-0.25, -0.2) is 9.59 Å². The molecule has 1 aromatic rings. The molecule has 1 saturated carbocycles. The minimum absolute atomic E-state index is 0.0365. The lowest BCUT2D eigenvalue weighted by Gasteiger charge is -2.39. The normalized spacial score (nSPS) is 16.7. The van der Waals surface area contributed by atoms with Crippen molar-refractivity contribution in [2.45, 2.75) is 64.3 Å². The van der Waals surface area contributed by atoms with Crippen LogP contribution in [0.3, 0.4) is 0 Å². The molecular weight excluding hydrogens is 348 g/mol. The first kappa shape index (κ1) is 19.9. The summed E-state index contributed by atoms with van der Waals surface area (Å²) < 4.78 is 35.4. The third-order valence-electron chi connectivity index (χ3n) is 4.03. The van der Waals surface area contributed by atoms with Crippen LogP contribution in [0.4, 0.5) is 13.6 Å². The number of para-hydroxylation sites is 1. The molecule has 26 heavy (non-hydrogen) atoms. The maximum atomic E-state index is 12.8. The van der Waals surface area contributed by atoms with E-state index in [1.807, 2.05) is 0 Å². The van der Waals surface area contributed by atoms with Crippen LogP contribution in [0.25, 0.3) is 0 Å². The molecule has 0 bridgehead atoms. The molecule has 2 rings (SSSR count). The highest BCUT2D eigenvalue weighted by Crippen LogP contribution is 2.43. The maximum absolute atomic E-state index is 12.8. The zero-order chi connectivity index (χ0) is 19.7. The van der Waals surface area contributed by atoms with Crippen LogP contribution in [0.1, 0.15) is 46.1 Å². The molecule has 1 atom stereocenters. The molecule has 1 aliphatic rings. The molecule has 1 unspecified atom stereocenters. The Labute approximate surface area is 150 Å². The molecule has 0 radical (unpaired) electrons. The molecule has 0 aromatic heterocycles. The van der Waals surface area contributed by atoms with E-state index in [-0.39, 0.29) is 17.4 Å². The van der Waals surface area contributed by atoms with Crippen molar-refractivity contribution in [3.63, 3.8) is 0 Å². The monoisotopic (exact) mass is 371 g/mol. The van der Waals surface area contributed by atoms with Gasteiger partial charge in [-0.15, -0.1) is 0 Å². The SMILES string of the molecule is CC(C)(C)OC(=O)N(C1CC1)C(C)(C(=O)O)c1ccccc1OC(F)F. The van der Waals surface area contributed by atoms with E-state index >= 15 is 0 Å². The van der Waals surface area contributed by atoms with Gasteiger partial charge in [0.1, 0.15) is 11.4 Å². The number of amides is 1. The summed E-state index contributed by atoms with van der Waals surface area (Å²) in [6.07, 6.45) is 0.414. The van der Waals surface area contributed by atoms with Gasteiger partial charge in [-0.05, 0) is 46.6 Å². The molecule has 1 aliphatic carbocycles. The Morgan fingerprint density at radius 3 is 2.23 bits per heavy atom. The van der Waals surface area contributed by atoms with Crippen LogP contribution < -0.4 is 4.74 Å². The minimum Gasteiger partial charge on any atom is -0.479 e. The highest BCUT2D eigenvalue weighted by molar-refractivity contribution is 5.87. The third kappa shape index (κ3) is 4.23. The standard InChI is InChI=1S/C18H23F2NO5/c1-17(2,3)26-16(24)21(11-9-10-11)18(4,14(22)23)12-7-5-6-8-13(12)25-15(19)20/h5-8,11,15H,9-10H2,1-4H3,(H,22,23). The topological polar surface area (TPSA) is 76.1 Å². The molecule has 0 spiro atoms. The second kappa shape index (κ2) is 7.09. The largest absolute Gasteiger partial charge is 0.479 e. The number of nitrogens with zero attached hydrogens (tertiary/aromatic N) is 1. The molecule has 144 valence electrons. The van der Waals surface area contributed by atoms with Gasteiger partial charge in [-0.1, -0.05) is 18.2 Å². The number of carbonyl (C=O) groups is 2. The van der Waals surface area contributed by atoms with E-state index in [1.54, 1.807) is 20.8 Å². The number of alkyl halides is 2. The van der Waals surface area contributed by atoms with E-state index < -0.39 is 29.8 Å². The maximum Gasteiger partial charge on any atom is 0.411 e. The van der Waals surface area contributed by atoms with Crippen LogP contribution in [-0.4, -0.2) is 40.3 Å². The first-order chi connectivity index (χ1) is 12.0. The molecule has 0 aliphatic heterocycles. The molecule has 1 amide bonds. The first-order valence-electron chi connectivity index (χ1n) is 8.27. The Bertz CT molecular complexity index is 684. The number of halogens is 2. The predicted octanol–water partition coefficient (Wildman–Crippen LogP) is 3.99. The predicted molar refractivity (Wildman–Crippen MR) is 89.2 cm³/mol. The van der Waals surface area contributed by atoms with Crippen molar-refractivity contribution in [1.29, 1.82) is 0 Å². The Hall–Kier alpha value is -2.38. The summed E-state index contributed by atoms with van der Waals surface area (Å²) in [6.45, 7) is 3.18. The summed E-state index contributed by atoms with van der Waals surface area (Å²) in [4.78, 5) is 26.1. The average molecular weight is 371 g/mol. The fraction of sp³-hybridized carbons (Fsp3) is 0.556. The summed E-state index contributed by atoms with van der Waals surface area (Å²) in [6, 6.07) is 5.24. The summed E-state index contributed by atoms with van der Waals surface area (Å²) in [5, 5.41) is 9.95. The lowest BCUT2D eigenvalue weighted by molar-refractivity contribution is -0.151. The van der Waals surface area contributed by atoms with Crippen LogP contribution in [0.5, 0.6) is 5.75 Å². The van der Waals surface area contributed by atoms with Crippen molar-refractivity contribution < 1.29 is 33.0 Å². The number of rotatable bonds is 6. The Morgan fingerprint density at radius 1 is 1.19 bits per heavy atom. The van der Waals surface area contributed by atoms with Gasteiger partial charge in [0.2, 0.25) is 0 Å². The van der Waals surface area contributed by atoms with Gasteiger partial charge in [0.05, 0.1) is 0 Å². The Kier molecular flexibility index (Phi) is 5.44. The number of aliphatic carboxylic acids is 1. The van der Waals surface area contributed by atoms with Gasteiger partial charge in [-0.2, -0.15) is 8.78 Å². The van der Waals surface area contributed by atoms with Crippen LogP contribution >= 0.6 is 0 Å². The lowest BCUT2D eigenvalue weighted by Crippen LogP contribution is -2.55. The van der Waals surface area contributed by atoms with Gasteiger partial charge in [0.25, 0.3) is 0 Å². The van der Waals surface area contributed by atoms with Crippen LogP contribution in [0.15, 0.2) is 24.3 Å². The van der Waals surface area contributed by atoms with Crippen molar-refractivity contribution >= 4 is 12.1 Å². The van der Waals surface area contributed by atoms with E-state index in [2.05, 4.69) is 4.74 Å². The van der Waals surface area contributed by atoms with Gasteiger partial charge in [-0.3, -0.25) is 4.90 Å². The third-order valence-corrected chi connectivity index (χ3v) is 4.03. The number of ether oxygens (including phenoxy) is 2. The summed E-state index contributed by atoms with van der Waals surface area (Å²) in [7, 11) is 0. The smallest absolute Gasteiger partial charge is 0.411 e. The summed E-state index contributed by atoms with van der Waals surface area (Å²) in [5.74, 6) is -1.65. The van der Waals surface area contributed by atoms with E-state index in [1.165, 1.54) is 31.2 Å². The number of carboxylic acids is 1. The number of hydrogen-bond acceptors (Lipinski definition) is 4. The minimum atomic E-state index is -3.12. The molecule has 1 aromatic carbocycles. The second-order valence-electron chi connectivity index (χ2n) is 7.33. The Balaban J connectivity index is 2.54. The van der Waals surface area contributed by atoms with Crippen molar-refractivity contribution in [2.24, 2.45) is 0 Å². The van der Waals surface area contributed by atoms with Gasteiger partial charge < -0.3 is 14.6 Å². The number of carbonyl (C=O) groups excluding carboxylic acids is 1. The van der Waals surface area contributed by atoms with Gasteiger partial charge in [0, 0.05) is 11.6 Å². The molecule has 1 fully saturated rings. The summed E-state index contributed by atoms with van der Waals surface area (Å²) in [5.41, 5.74) is -2.79. The zero-order valence-electron chi connectivity index (χ0n) is 15.2. The average Bonchev–Trinajstić information content (AvgIpc) is 3.29. The van der Waals surface area contributed by atoms with Crippen molar-refractivity contribution in [3.05, 3.63) is 29.8 Å². The highest BCUT2D eigenvalue weighted by atomic mass is 19.3. The molecule has 0 heterocycles. The molecule has 0 saturated heterocycles. The van der Waals surface area contributed by atoms with E-state index in [0.717, 1.165) is 4.90 Å². The quantitative estimate of drug-likeness (QED) is 0.818. The van der Waals surface area contributed by atoms with Crippen molar-refractivity contribution in [1.82, 2.24) is 4.90 Å². The van der Waals surface area contributed by atoms with Crippen molar-refractivity contribution in [2.75, 3.05) is 0 Å². The number of hydrogen-bond donors (Lipinski definition) is 1. The molecule has 1 N–H and O–H groups in total. The van der Waals surface area contributed by atoms with Gasteiger partial charge in [0.15, 0.2) is 5.54 Å².